The molecule has 1 aromatic carbocycles. The molecule has 0 unspecified atom stereocenters. The van der Waals surface area contributed by atoms with Crippen LogP contribution < -0.4 is 0 Å². The molecule has 0 aliphatic rings. The highest BCUT2D eigenvalue weighted by molar-refractivity contribution is 6.37. The summed E-state index contributed by atoms with van der Waals surface area (Å²) in [5.74, 6) is -1.10. The first-order valence-corrected chi connectivity index (χ1v) is 8.10. The monoisotopic (exact) mass is 346 g/mol. The zero-order valence-electron chi connectivity index (χ0n) is 12.8. The van der Waals surface area contributed by atoms with Crippen molar-refractivity contribution in [2.75, 3.05) is 13.2 Å². The van der Waals surface area contributed by atoms with Crippen LogP contribution in [0.5, 0.6) is 0 Å². The van der Waals surface area contributed by atoms with Crippen LogP contribution in [0, 0.1) is 0 Å². The molecule has 0 aliphatic heterocycles. The minimum Gasteiger partial charge on any atom is -0.462 e. The molecule has 0 fully saturated rings. The highest BCUT2D eigenvalue weighted by Gasteiger charge is 2.19. The van der Waals surface area contributed by atoms with Crippen LogP contribution in [0.1, 0.15) is 60.2 Å². The average Bonchev–Trinajstić information content (AvgIpc) is 2.49. The molecule has 0 bridgehead atoms. The molecule has 0 aliphatic carbocycles. The Bertz CT molecular complexity index is 481. The van der Waals surface area contributed by atoms with Crippen molar-refractivity contribution < 1.29 is 19.1 Å². The molecule has 0 spiro atoms. The summed E-state index contributed by atoms with van der Waals surface area (Å²) in [7, 11) is 0. The Labute approximate surface area is 140 Å². The number of esters is 2. The van der Waals surface area contributed by atoms with Crippen LogP contribution in [0.2, 0.25) is 10.0 Å². The summed E-state index contributed by atoms with van der Waals surface area (Å²) >= 11 is 12.1. The fraction of sp³-hybridized carbons (Fsp3) is 0.500. The van der Waals surface area contributed by atoms with Crippen LogP contribution >= 0.6 is 23.2 Å². The van der Waals surface area contributed by atoms with Gasteiger partial charge in [0.25, 0.3) is 0 Å². The smallest absolute Gasteiger partial charge is 0.339 e. The van der Waals surface area contributed by atoms with Gasteiger partial charge in [0.15, 0.2) is 0 Å². The maximum Gasteiger partial charge on any atom is 0.339 e. The molecule has 0 saturated carbocycles. The van der Waals surface area contributed by atoms with E-state index in [0.717, 1.165) is 25.7 Å². The van der Waals surface area contributed by atoms with Gasteiger partial charge in [-0.15, -0.1) is 0 Å². The SMILES string of the molecule is CCCCOC(=O)c1cc(Cl)c(C(=O)OCCCC)cc1Cl. The molecule has 122 valence electrons. The number of hydrogen-bond donors (Lipinski definition) is 0. The fourth-order valence-electron chi connectivity index (χ4n) is 1.63. The zero-order chi connectivity index (χ0) is 16.5. The summed E-state index contributed by atoms with van der Waals surface area (Å²) in [6, 6.07) is 2.68. The van der Waals surface area contributed by atoms with E-state index in [2.05, 4.69) is 0 Å². The normalized spacial score (nSPS) is 10.4. The molecule has 0 amide bonds. The van der Waals surface area contributed by atoms with Crippen LogP contribution in [0.25, 0.3) is 0 Å². The summed E-state index contributed by atoms with van der Waals surface area (Å²) in [6.45, 7) is 4.64. The first kappa shape index (κ1) is 18.8. The summed E-state index contributed by atoms with van der Waals surface area (Å²) in [6.07, 6.45) is 3.40. The van der Waals surface area contributed by atoms with Crippen molar-refractivity contribution in [3.05, 3.63) is 33.3 Å². The quantitative estimate of drug-likeness (QED) is 0.495. The molecule has 0 saturated heterocycles. The molecule has 0 heterocycles. The van der Waals surface area contributed by atoms with Crippen molar-refractivity contribution >= 4 is 35.1 Å². The third-order valence-electron chi connectivity index (χ3n) is 2.96. The minimum absolute atomic E-state index is 0.119. The topological polar surface area (TPSA) is 52.6 Å². The predicted octanol–water partition coefficient (Wildman–Crippen LogP) is 4.91. The third kappa shape index (κ3) is 5.50. The zero-order valence-corrected chi connectivity index (χ0v) is 14.3. The number of rotatable bonds is 8. The van der Waals surface area contributed by atoms with E-state index in [1.807, 2.05) is 13.8 Å². The number of carbonyl (C=O) groups is 2. The van der Waals surface area contributed by atoms with E-state index in [1.165, 1.54) is 12.1 Å². The molecule has 0 aromatic heterocycles. The van der Waals surface area contributed by atoms with Crippen molar-refractivity contribution in [3.63, 3.8) is 0 Å². The van der Waals surface area contributed by atoms with Gasteiger partial charge in [-0.05, 0) is 25.0 Å². The molecular formula is C16H20Cl2O4. The van der Waals surface area contributed by atoms with Gasteiger partial charge in [0.1, 0.15) is 0 Å². The largest absolute Gasteiger partial charge is 0.462 e. The van der Waals surface area contributed by atoms with Crippen LogP contribution in [0.3, 0.4) is 0 Å². The molecule has 1 aromatic rings. The van der Waals surface area contributed by atoms with Gasteiger partial charge in [-0.25, -0.2) is 9.59 Å². The Morgan fingerprint density at radius 3 is 1.55 bits per heavy atom. The maximum atomic E-state index is 11.9. The van der Waals surface area contributed by atoms with E-state index in [0.29, 0.717) is 13.2 Å². The fourth-order valence-corrected chi connectivity index (χ4v) is 2.12. The standard InChI is InChI=1S/C16H20Cl2O4/c1-3-5-7-21-15(19)11-9-14(18)12(10-13(11)17)16(20)22-8-6-4-2/h9-10H,3-8H2,1-2H3. The highest BCUT2D eigenvalue weighted by atomic mass is 35.5. The average molecular weight is 347 g/mol. The summed E-state index contributed by atoms with van der Waals surface area (Å²) in [4.78, 5) is 23.8. The van der Waals surface area contributed by atoms with Gasteiger partial charge in [-0.3, -0.25) is 0 Å². The summed E-state index contributed by atoms with van der Waals surface area (Å²) in [5, 5.41) is 0.238. The molecule has 0 atom stereocenters. The maximum absolute atomic E-state index is 11.9. The number of carbonyl (C=O) groups excluding carboxylic acids is 2. The van der Waals surface area contributed by atoms with Crippen molar-refractivity contribution in [2.45, 2.75) is 39.5 Å². The number of hydrogen-bond acceptors (Lipinski definition) is 4. The Balaban J connectivity index is 2.82. The first-order chi connectivity index (χ1) is 10.5. The highest BCUT2D eigenvalue weighted by Crippen LogP contribution is 2.26. The molecule has 0 N–H and O–H groups in total. The molecule has 22 heavy (non-hydrogen) atoms. The van der Waals surface area contributed by atoms with Gasteiger partial charge in [0, 0.05) is 0 Å². The summed E-state index contributed by atoms with van der Waals surface area (Å²) < 4.78 is 10.2. The van der Waals surface area contributed by atoms with Crippen molar-refractivity contribution in [1.29, 1.82) is 0 Å². The van der Waals surface area contributed by atoms with Crippen LogP contribution in [-0.4, -0.2) is 25.2 Å². The predicted molar refractivity (Wildman–Crippen MR) is 86.8 cm³/mol. The Kier molecular flexibility index (Phi) is 8.28. The number of unbranched alkanes of at least 4 members (excludes halogenated alkanes) is 2. The van der Waals surface area contributed by atoms with Crippen LogP contribution in [0.15, 0.2) is 12.1 Å². The van der Waals surface area contributed by atoms with Gasteiger partial charge in [-0.2, -0.15) is 0 Å². The lowest BCUT2D eigenvalue weighted by molar-refractivity contribution is 0.0485. The van der Waals surface area contributed by atoms with Crippen molar-refractivity contribution in [2.24, 2.45) is 0 Å². The second-order valence-electron chi connectivity index (χ2n) is 4.79. The van der Waals surface area contributed by atoms with Gasteiger partial charge in [-0.1, -0.05) is 49.9 Å². The number of halogens is 2. The lowest BCUT2D eigenvalue weighted by Gasteiger charge is -2.10. The van der Waals surface area contributed by atoms with Crippen molar-refractivity contribution in [3.8, 4) is 0 Å². The number of ether oxygens (including phenoxy) is 2. The van der Waals surface area contributed by atoms with Gasteiger partial charge in [0.05, 0.1) is 34.4 Å². The second-order valence-corrected chi connectivity index (χ2v) is 5.61. The number of benzene rings is 1. The van der Waals surface area contributed by atoms with E-state index in [4.69, 9.17) is 32.7 Å². The van der Waals surface area contributed by atoms with Crippen LogP contribution in [0.4, 0.5) is 0 Å². The van der Waals surface area contributed by atoms with Gasteiger partial charge < -0.3 is 9.47 Å². The Morgan fingerprint density at radius 2 is 1.23 bits per heavy atom. The Hall–Kier alpha value is -1.26. The molecule has 0 radical (unpaired) electrons. The van der Waals surface area contributed by atoms with Gasteiger partial charge in [0.2, 0.25) is 0 Å². The third-order valence-corrected chi connectivity index (χ3v) is 3.58. The van der Waals surface area contributed by atoms with E-state index in [1.54, 1.807) is 0 Å². The van der Waals surface area contributed by atoms with Gasteiger partial charge >= 0.3 is 11.9 Å². The van der Waals surface area contributed by atoms with E-state index < -0.39 is 11.9 Å². The molecule has 4 nitrogen and oxygen atoms in total. The van der Waals surface area contributed by atoms with E-state index in [-0.39, 0.29) is 21.2 Å². The molecule has 1 rings (SSSR count). The van der Waals surface area contributed by atoms with Crippen LogP contribution in [-0.2, 0) is 9.47 Å². The minimum atomic E-state index is -0.550. The Morgan fingerprint density at radius 1 is 0.864 bits per heavy atom. The van der Waals surface area contributed by atoms with E-state index >= 15 is 0 Å². The summed E-state index contributed by atoms with van der Waals surface area (Å²) in [5.41, 5.74) is 0.292. The second kappa shape index (κ2) is 9.70. The molecule has 6 heteroatoms. The first-order valence-electron chi connectivity index (χ1n) is 7.34. The van der Waals surface area contributed by atoms with E-state index in [9.17, 15) is 9.59 Å². The molecular weight excluding hydrogens is 327 g/mol. The lowest BCUT2D eigenvalue weighted by atomic mass is 10.1. The lowest BCUT2D eigenvalue weighted by Crippen LogP contribution is -2.10. The van der Waals surface area contributed by atoms with Crippen molar-refractivity contribution in [1.82, 2.24) is 0 Å².